The van der Waals surface area contributed by atoms with Crippen molar-refractivity contribution in [2.75, 3.05) is 25.0 Å². The van der Waals surface area contributed by atoms with E-state index in [0.29, 0.717) is 0 Å². The fraction of sp³-hybridized carbons (Fsp3) is 0.571. The summed E-state index contributed by atoms with van der Waals surface area (Å²) in [5, 5.41) is 9.90. The lowest BCUT2D eigenvalue weighted by atomic mass is 10.0. The third-order valence-electron chi connectivity index (χ3n) is 4.06. The first kappa shape index (κ1) is 13.9. The van der Waals surface area contributed by atoms with E-state index in [-0.39, 0.29) is 11.8 Å². The minimum Gasteiger partial charge on any atom is -0.387 e. The molecule has 1 saturated carbocycles. The topological polar surface area (TPSA) is 69.6 Å². The Morgan fingerprint density at radius 2 is 2.20 bits per heavy atom. The van der Waals surface area contributed by atoms with Crippen molar-refractivity contribution < 1.29 is 13.5 Å². The zero-order valence-electron chi connectivity index (χ0n) is 11.5. The second kappa shape index (κ2) is 5.02. The minimum atomic E-state index is -3.23. The van der Waals surface area contributed by atoms with E-state index in [1.165, 1.54) is 11.3 Å². The molecule has 0 unspecified atom stereocenters. The Balaban J connectivity index is 1.67. The molecule has 1 aliphatic heterocycles. The van der Waals surface area contributed by atoms with E-state index in [4.69, 9.17) is 0 Å². The number of aliphatic hydroxyl groups excluding tert-OH is 1. The Kier molecular flexibility index (Phi) is 3.48. The van der Waals surface area contributed by atoms with Crippen molar-refractivity contribution in [3.8, 4) is 0 Å². The van der Waals surface area contributed by atoms with Crippen LogP contribution < -0.4 is 9.62 Å². The molecule has 6 heteroatoms. The molecule has 3 rings (SSSR count). The fourth-order valence-corrected chi connectivity index (χ4v) is 3.99. The van der Waals surface area contributed by atoms with Crippen molar-refractivity contribution in [2.45, 2.75) is 30.6 Å². The second-order valence-electron chi connectivity index (χ2n) is 5.67. The number of sulfonamides is 1. The van der Waals surface area contributed by atoms with Crippen LogP contribution in [0.15, 0.2) is 18.2 Å². The molecule has 0 radical (unpaired) electrons. The van der Waals surface area contributed by atoms with Crippen molar-refractivity contribution in [1.29, 1.82) is 0 Å². The van der Waals surface area contributed by atoms with Crippen molar-refractivity contribution in [2.24, 2.45) is 0 Å². The Hall–Kier alpha value is -1.11. The summed E-state index contributed by atoms with van der Waals surface area (Å²) in [6.45, 7) is 1.04. The molecule has 20 heavy (non-hydrogen) atoms. The van der Waals surface area contributed by atoms with Gasteiger partial charge in [-0.25, -0.2) is 13.1 Å². The van der Waals surface area contributed by atoms with Crippen LogP contribution in [0.4, 0.5) is 5.69 Å². The Morgan fingerprint density at radius 1 is 1.45 bits per heavy atom. The highest BCUT2D eigenvalue weighted by atomic mass is 32.2. The summed E-state index contributed by atoms with van der Waals surface area (Å²) < 4.78 is 26.0. The van der Waals surface area contributed by atoms with Crippen molar-refractivity contribution in [1.82, 2.24) is 4.72 Å². The van der Waals surface area contributed by atoms with Crippen LogP contribution in [-0.4, -0.2) is 38.9 Å². The summed E-state index contributed by atoms with van der Waals surface area (Å²) in [5.41, 5.74) is 3.19. The van der Waals surface area contributed by atoms with Gasteiger partial charge in [-0.15, -0.1) is 0 Å². The van der Waals surface area contributed by atoms with E-state index in [2.05, 4.69) is 9.62 Å². The summed E-state index contributed by atoms with van der Waals surface area (Å²) in [7, 11) is -1.18. The van der Waals surface area contributed by atoms with E-state index in [0.717, 1.165) is 31.4 Å². The second-order valence-corrected chi connectivity index (χ2v) is 7.71. The monoisotopic (exact) mass is 296 g/mol. The Bertz CT molecular complexity index is 611. The van der Waals surface area contributed by atoms with Crippen LogP contribution in [-0.2, 0) is 16.4 Å². The first-order valence-electron chi connectivity index (χ1n) is 6.98. The predicted molar refractivity (Wildman–Crippen MR) is 78.3 cm³/mol. The van der Waals surface area contributed by atoms with Gasteiger partial charge < -0.3 is 10.0 Å². The molecule has 2 N–H and O–H groups in total. The standard InChI is InChI=1S/C14H20N2O3S/c1-16-7-6-10-8-11(2-5-13(10)16)14(17)9-15-20(18,19)12-3-4-12/h2,5,8,12,14-15,17H,3-4,6-7,9H2,1H3/t14-/m1/s1. The van der Waals surface area contributed by atoms with Crippen molar-refractivity contribution >= 4 is 15.7 Å². The molecule has 0 saturated heterocycles. The predicted octanol–water partition coefficient (Wildman–Crippen LogP) is 0.794. The molecule has 2 aliphatic rings. The zero-order chi connectivity index (χ0) is 14.3. The number of nitrogens with one attached hydrogen (secondary N) is 1. The average Bonchev–Trinajstić information content (AvgIpc) is 3.22. The van der Waals surface area contributed by atoms with Gasteiger partial charge in [0, 0.05) is 25.8 Å². The third kappa shape index (κ3) is 2.68. The maximum absolute atomic E-state index is 11.7. The number of fused-ring (bicyclic) bond motifs is 1. The van der Waals surface area contributed by atoms with Crippen LogP contribution in [0.2, 0.25) is 0 Å². The van der Waals surface area contributed by atoms with Gasteiger partial charge in [-0.05, 0) is 36.5 Å². The van der Waals surface area contributed by atoms with Crippen LogP contribution in [0.5, 0.6) is 0 Å². The molecule has 1 aromatic carbocycles. The SMILES string of the molecule is CN1CCc2cc([C@H](O)CNS(=O)(=O)C3CC3)ccc21. The molecule has 1 heterocycles. The lowest BCUT2D eigenvalue weighted by Crippen LogP contribution is -2.31. The molecule has 1 aromatic rings. The molecule has 110 valence electrons. The molecule has 1 atom stereocenters. The van der Waals surface area contributed by atoms with Gasteiger partial charge >= 0.3 is 0 Å². The molecule has 0 aromatic heterocycles. The molecule has 1 aliphatic carbocycles. The van der Waals surface area contributed by atoms with E-state index in [9.17, 15) is 13.5 Å². The molecular formula is C14H20N2O3S. The highest BCUT2D eigenvalue weighted by molar-refractivity contribution is 7.90. The van der Waals surface area contributed by atoms with Crippen molar-refractivity contribution in [3.63, 3.8) is 0 Å². The van der Waals surface area contributed by atoms with Crippen molar-refractivity contribution in [3.05, 3.63) is 29.3 Å². The molecular weight excluding hydrogens is 276 g/mol. The largest absolute Gasteiger partial charge is 0.387 e. The maximum Gasteiger partial charge on any atom is 0.214 e. The van der Waals surface area contributed by atoms with E-state index >= 15 is 0 Å². The van der Waals surface area contributed by atoms with Gasteiger partial charge in [0.05, 0.1) is 11.4 Å². The lowest BCUT2D eigenvalue weighted by molar-refractivity contribution is 0.182. The molecule has 0 amide bonds. The van der Waals surface area contributed by atoms with Gasteiger partial charge in [0.2, 0.25) is 10.0 Å². The fourth-order valence-electron chi connectivity index (χ4n) is 2.60. The lowest BCUT2D eigenvalue weighted by Gasteiger charge is -2.15. The summed E-state index contributed by atoms with van der Waals surface area (Å²) in [6.07, 6.45) is 1.65. The summed E-state index contributed by atoms with van der Waals surface area (Å²) in [5.74, 6) is 0. The highest BCUT2D eigenvalue weighted by Gasteiger charge is 2.35. The number of anilines is 1. The van der Waals surface area contributed by atoms with E-state index in [1.54, 1.807) is 0 Å². The van der Waals surface area contributed by atoms with Crippen LogP contribution in [0.25, 0.3) is 0 Å². The zero-order valence-corrected chi connectivity index (χ0v) is 12.4. The Labute approximate surface area is 119 Å². The van der Waals surface area contributed by atoms with Gasteiger partial charge in [-0.1, -0.05) is 12.1 Å². The van der Waals surface area contributed by atoms with Crippen LogP contribution >= 0.6 is 0 Å². The minimum absolute atomic E-state index is 0.0491. The number of hydrogen-bond donors (Lipinski definition) is 2. The summed E-state index contributed by atoms with van der Waals surface area (Å²) in [4.78, 5) is 2.18. The van der Waals surface area contributed by atoms with Crippen LogP contribution in [0.1, 0.15) is 30.1 Å². The average molecular weight is 296 g/mol. The number of nitrogens with zero attached hydrogens (tertiary/aromatic N) is 1. The first-order valence-corrected chi connectivity index (χ1v) is 8.52. The normalized spacial score (nSPS) is 20.0. The molecule has 0 spiro atoms. The van der Waals surface area contributed by atoms with Gasteiger partial charge in [-0.3, -0.25) is 0 Å². The van der Waals surface area contributed by atoms with Gasteiger partial charge in [0.1, 0.15) is 0 Å². The molecule has 5 nitrogen and oxygen atoms in total. The summed E-state index contributed by atoms with van der Waals surface area (Å²) in [6, 6.07) is 5.85. The highest BCUT2D eigenvalue weighted by Crippen LogP contribution is 2.30. The van der Waals surface area contributed by atoms with Gasteiger partial charge in [0.15, 0.2) is 0 Å². The molecule has 0 bridgehead atoms. The Morgan fingerprint density at radius 3 is 2.90 bits per heavy atom. The number of hydrogen-bond acceptors (Lipinski definition) is 4. The van der Waals surface area contributed by atoms with E-state index in [1.807, 2.05) is 25.2 Å². The van der Waals surface area contributed by atoms with E-state index < -0.39 is 16.1 Å². The number of benzene rings is 1. The first-order chi connectivity index (χ1) is 9.47. The summed E-state index contributed by atoms with van der Waals surface area (Å²) >= 11 is 0. The maximum atomic E-state index is 11.7. The van der Waals surface area contributed by atoms with Crippen LogP contribution in [0, 0.1) is 0 Å². The quantitative estimate of drug-likeness (QED) is 0.843. The van der Waals surface area contributed by atoms with Crippen LogP contribution in [0.3, 0.4) is 0 Å². The number of aliphatic hydroxyl groups is 1. The number of likely N-dealkylation sites (N-methyl/N-ethyl adjacent to an activating group) is 1. The smallest absolute Gasteiger partial charge is 0.214 e. The third-order valence-corrected chi connectivity index (χ3v) is 5.98. The molecule has 1 fully saturated rings. The van der Waals surface area contributed by atoms with Gasteiger partial charge in [-0.2, -0.15) is 0 Å². The number of rotatable bonds is 5. The van der Waals surface area contributed by atoms with Gasteiger partial charge in [0.25, 0.3) is 0 Å².